The molecule has 2 bridgehead atoms. The Labute approximate surface area is 190 Å². The van der Waals surface area contributed by atoms with Crippen molar-refractivity contribution < 1.29 is 19.4 Å². The molecule has 0 unspecified atom stereocenters. The van der Waals surface area contributed by atoms with E-state index in [1.807, 2.05) is 20.0 Å². The van der Waals surface area contributed by atoms with Crippen LogP contribution in [0.25, 0.3) is 0 Å². The van der Waals surface area contributed by atoms with Crippen molar-refractivity contribution in [3.05, 3.63) is 11.9 Å². The number of aliphatic hydroxyl groups is 1. The first-order chi connectivity index (χ1) is 15.4. The SMILES string of the molecule is C[C@@H]1CN([C@H](C)CO)C(=O)CCCn2cc(nn2)CO[C@H]1CN(C)C(=O)NC1CCCC1. The van der Waals surface area contributed by atoms with Crippen molar-refractivity contribution in [2.45, 2.75) is 83.7 Å². The van der Waals surface area contributed by atoms with Crippen LogP contribution in [0.1, 0.15) is 58.1 Å². The van der Waals surface area contributed by atoms with Crippen LogP contribution in [0.15, 0.2) is 6.20 Å². The summed E-state index contributed by atoms with van der Waals surface area (Å²) < 4.78 is 7.94. The molecule has 3 rings (SSSR count). The molecule has 1 aromatic rings. The number of urea groups is 1. The lowest BCUT2D eigenvalue weighted by molar-refractivity contribution is -0.136. The number of aliphatic hydroxyl groups excluding tert-OH is 1. The lowest BCUT2D eigenvalue weighted by Gasteiger charge is -2.35. The lowest BCUT2D eigenvalue weighted by atomic mass is 10.0. The van der Waals surface area contributed by atoms with Gasteiger partial charge in [0.15, 0.2) is 0 Å². The number of carbonyl (C=O) groups excluding carboxylic acids is 2. The number of ether oxygens (including phenoxy) is 1. The largest absolute Gasteiger partial charge is 0.394 e. The molecule has 1 saturated carbocycles. The number of nitrogens with zero attached hydrogens (tertiary/aromatic N) is 5. The van der Waals surface area contributed by atoms with Crippen LogP contribution in [-0.4, -0.2) is 86.8 Å². The van der Waals surface area contributed by atoms with Gasteiger partial charge in [0.05, 0.1) is 31.6 Å². The van der Waals surface area contributed by atoms with Gasteiger partial charge < -0.3 is 25.0 Å². The predicted octanol–water partition coefficient (Wildman–Crippen LogP) is 1.39. The van der Waals surface area contributed by atoms with Crippen LogP contribution in [0.3, 0.4) is 0 Å². The fraction of sp³-hybridized carbons (Fsp3) is 0.818. The summed E-state index contributed by atoms with van der Waals surface area (Å²) in [5, 5.41) is 21.1. The quantitative estimate of drug-likeness (QED) is 0.701. The Bertz CT molecular complexity index is 751. The molecule has 2 heterocycles. The molecule has 0 aromatic carbocycles. The van der Waals surface area contributed by atoms with Crippen molar-refractivity contribution in [1.82, 2.24) is 30.1 Å². The summed E-state index contributed by atoms with van der Waals surface area (Å²) in [6.07, 6.45) is 6.94. The molecule has 1 aliphatic heterocycles. The number of hydrogen-bond donors (Lipinski definition) is 2. The minimum Gasteiger partial charge on any atom is -0.394 e. The first-order valence-electron chi connectivity index (χ1n) is 11.8. The molecule has 0 spiro atoms. The Hall–Kier alpha value is -2.20. The summed E-state index contributed by atoms with van der Waals surface area (Å²) in [7, 11) is 1.77. The molecule has 1 fully saturated rings. The Kier molecular flexibility index (Phi) is 8.86. The molecule has 0 radical (unpaired) electrons. The van der Waals surface area contributed by atoms with Crippen molar-refractivity contribution in [1.29, 1.82) is 0 Å². The van der Waals surface area contributed by atoms with E-state index in [-0.39, 0.29) is 49.3 Å². The average molecular weight is 451 g/mol. The number of amides is 3. The number of aromatic nitrogens is 3. The molecule has 10 heteroatoms. The van der Waals surface area contributed by atoms with Crippen molar-refractivity contribution in [3.63, 3.8) is 0 Å². The minimum absolute atomic E-state index is 0.00377. The zero-order valence-electron chi connectivity index (χ0n) is 19.6. The number of aryl methyl sites for hydroxylation is 1. The molecule has 180 valence electrons. The van der Waals surface area contributed by atoms with Crippen molar-refractivity contribution in [2.24, 2.45) is 5.92 Å². The maximum Gasteiger partial charge on any atom is 0.317 e. The van der Waals surface area contributed by atoms with Gasteiger partial charge in [0.1, 0.15) is 5.69 Å². The molecule has 0 saturated heterocycles. The van der Waals surface area contributed by atoms with Crippen LogP contribution in [-0.2, 0) is 22.7 Å². The van der Waals surface area contributed by atoms with Crippen LogP contribution < -0.4 is 5.32 Å². The highest BCUT2D eigenvalue weighted by atomic mass is 16.5. The maximum atomic E-state index is 12.9. The second-order valence-corrected chi connectivity index (χ2v) is 9.29. The number of likely N-dealkylation sites (N-methyl/N-ethyl adjacent to an activating group) is 1. The highest BCUT2D eigenvalue weighted by Crippen LogP contribution is 2.19. The van der Waals surface area contributed by atoms with E-state index in [1.165, 1.54) is 0 Å². The molecule has 2 N–H and O–H groups in total. The highest BCUT2D eigenvalue weighted by Gasteiger charge is 2.29. The van der Waals surface area contributed by atoms with Gasteiger partial charge in [-0.25, -0.2) is 4.79 Å². The van der Waals surface area contributed by atoms with E-state index >= 15 is 0 Å². The number of hydrogen-bond acceptors (Lipinski definition) is 6. The monoisotopic (exact) mass is 450 g/mol. The Morgan fingerprint density at radius 1 is 1.38 bits per heavy atom. The van der Waals surface area contributed by atoms with E-state index in [4.69, 9.17) is 4.74 Å². The second-order valence-electron chi connectivity index (χ2n) is 9.29. The summed E-state index contributed by atoms with van der Waals surface area (Å²) in [4.78, 5) is 29.0. The number of carbonyl (C=O) groups is 2. The number of rotatable bonds is 5. The molecule has 1 aromatic heterocycles. The van der Waals surface area contributed by atoms with E-state index in [1.54, 1.807) is 21.5 Å². The summed E-state index contributed by atoms with van der Waals surface area (Å²) >= 11 is 0. The Balaban J connectivity index is 1.72. The van der Waals surface area contributed by atoms with Crippen LogP contribution in [0, 0.1) is 5.92 Å². The van der Waals surface area contributed by atoms with E-state index in [0.29, 0.717) is 32.5 Å². The molecule has 32 heavy (non-hydrogen) atoms. The van der Waals surface area contributed by atoms with Gasteiger partial charge in [-0.05, 0) is 26.2 Å². The van der Waals surface area contributed by atoms with Crippen molar-refractivity contribution in [3.8, 4) is 0 Å². The van der Waals surface area contributed by atoms with Crippen molar-refractivity contribution in [2.75, 3.05) is 26.7 Å². The normalized spacial score (nSPS) is 24.4. The standard InChI is InChI=1S/C22H38N6O4/c1-16-11-28(17(2)14-29)21(30)9-6-10-27-12-19(24-25-27)15-32-20(16)13-26(3)22(31)23-18-7-4-5-8-18/h12,16-18,20,29H,4-11,13-15H2,1-3H3,(H,23,31)/t16-,17-,20+/m1/s1. The van der Waals surface area contributed by atoms with Crippen LogP contribution in [0.2, 0.25) is 0 Å². The summed E-state index contributed by atoms with van der Waals surface area (Å²) in [6.45, 7) is 5.51. The third-order valence-electron chi connectivity index (χ3n) is 6.53. The van der Waals surface area contributed by atoms with Crippen LogP contribution in [0.5, 0.6) is 0 Å². The molecule has 3 atom stereocenters. The first-order valence-corrected chi connectivity index (χ1v) is 11.8. The highest BCUT2D eigenvalue weighted by molar-refractivity contribution is 5.76. The molecular weight excluding hydrogens is 412 g/mol. The number of fused-ring (bicyclic) bond motifs is 2. The average Bonchev–Trinajstić information content (AvgIpc) is 3.45. The van der Waals surface area contributed by atoms with Crippen LogP contribution in [0.4, 0.5) is 4.79 Å². The van der Waals surface area contributed by atoms with Crippen molar-refractivity contribution >= 4 is 11.9 Å². The lowest BCUT2D eigenvalue weighted by Crippen LogP contribution is -2.49. The zero-order valence-corrected chi connectivity index (χ0v) is 19.6. The smallest absolute Gasteiger partial charge is 0.317 e. The molecule has 10 nitrogen and oxygen atoms in total. The zero-order chi connectivity index (χ0) is 23.1. The third-order valence-corrected chi connectivity index (χ3v) is 6.53. The van der Waals surface area contributed by atoms with Gasteiger partial charge in [-0.1, -0.05) is 25.0 Å². The summed E-state index contributed by atoms with van der Waals surface area (Å²) in [6, 6.07) is -0.133. The van der Waals surface area contributed by atoms with Gasteiger partial charge in [-0.2, -0.15) is 0 Å². The van der Waals surface area contributed by atoms with Gasteiger partial charge in [-0.3, -0.25) is 9.48 Å². The van der Waals surface area contributed by atoms with Gasteiger partial charge >= 0.3 is 6.03 Å². The van der Waals surface area contributed by atoms with Gasteiger partial charge in [-0.15, -0.1) is 5.10 Å². The summed E-state index contributed by atoms with van der Waals surface area (Å²) in [5.74, 6) is -0.0467. The van der Waals surface area contributed by atoms with Gasteiger partial charge in [0, 0.05) is 45.1 Å². The first kappa shape index (κ1) is 24.4. The Morgan fingerprint density at radius 3 is 2.84 bits per heavy atom. The van der Waals surface area contributed by atoms with E-state index < -0.39 is 0 Å². The van der Waals surface area contributed by atoms with Gasteiger partial charge in [0.2, 0.25) is 5.91 Å². The van der Waals surface area contributed by atoms with E-state index in [9.17, 15) is 14.7 Å². The predicted molar refractivity (Wildman–Crippen MR) is 119 cm³/mol. The fourth-order valence-electron chi connectivity index (χ4n) is 4.40. The maximum absolute atomic E-state index is 12.9. The molecule has 3 amide bonds. The number of nitrogens with one attached hydrogen (secondary N) is 1. The topological polar surface area (TPSA) is 113 Å². The Morgan fingerprint density at radius 2 is 2.12 bits per heavy atom. The molecular formula is C22H38N6O4. The van der Waals surface area contributed by atoms with Crippen LogP contribution >= 0.6 is 0 Å². The van der Waals surface area contributed by atoms with E-state index in [0.717, 1.165) is 31.4 Å². The van der Waals surface area contributed by atoms with E-state index in [2.05, 4.69) is 15.6 Å². The molecule has 2 aliphatic rings. The molecule has 1 aliphatic carbocycles. The third kappa shape index (κ3) is 6.65. The minimum atomic E-state index is -0.304. The summed E-state index contributed by atoms with van der Waals surface area (Å²) in [5.41, 5.74) is 0.728. The second kappa shape index (κ2) is 11.6. The fourth-order valence-corrected chi connectivity index (χ4v) is 4.40. The van der Waals surface area contributed by atoms with Gasteiger partial charge in [0.25, 0.3) is 0 Å².